The molecule has 17 heavy (non-hydrogen) atoms. The number of hydrogen-bond donors (Lipinski definition) is 3. The first kappa shape index (κ1) is 13.6. The van der Waals surface area contributed by atoms with Crippen LogP contribution in [-0.2, 0) is 0 Å². The number of ether oxygens (including phenoxy) is 1. The van der Waals surface area contributed by atoms with E-state index in [9.17, 15) is 5.11 Å². The number of rotatable bonds is 5. The van der Waals surface area contributed by atoms with Crippen LogP contribution in [0.4, 0.5) is 11.5 Å². The van der Waals surface area contributed by atoms with Crippen LogP contribution in [0.2, 0.25) is 0 Å². The largest absolute Gasteiger partial charge is 0.473 e. The van der Waals surface area contributed by atoms with Gasteiger partial charge < -0.3 is 20.9 Å². The molecule has 0 unspecified atom stereocenters. The molecule has 0 aliphatic carbocycles. The second-order valence-electron chi connectivity index (χ2n) is 4.92. The quantitative estimate of drug-likeness (QED) is 0.727. The molecule has 0 aromatic carbocycles. The van der Waals surface area contributed by atoms with Gasteiger partial charge in [0.05, 0.1) is 23.9 Å². The van der Waals surface area contributed by atoms with Gasteiger partial charge in [-0.2, -0.15) is 4.98 Å². The number of hydrogen-bond acceptors (Lipinski definition) is 5. The molecule has 0 saturated heterocycles. The molecular formula is C12H21N3O2. The van der Waals surface area contributed by atoms with Crippen LogP contribution >= 0.6 is 0 Å². The molecular weight excluding hydrogens is 218 g/mol. The predicted octanol–water partition coefficient (Wildman–Crippen LogP) is 1.63. The van der Waals surface area contributed by atoms with Crippen LogP contribution in [0.3, 0.4) is 0 Å². The van der Waals surface area contributed by atoms with Crippen LogP contribution in [0.1, 0.15) is 27.7 Å². The third-order valence-electron chi connectivity index (χ3n) is 2.10. The molecule has 1 rings (SSSR count). The summed E-state index contributed by atoms with van der Waals surface area (Å²) in [4.78, 5) is 4.28. The highest BCUT2D eigenvalue weighted by Crippen LogP contribution is 2.23. The highest BCUT2D eigenvalue weighted by Gasteiger charge is 2.17. The topological polar surface area (TPSA) is 80.4 Å². The third-order valence-corrected chi connectivity index (χ3v) is 2.10. The van der Waals surface area contributed by atoms with Crippen molar-refractivity contribution in [3.8, 4) is 5.88 Å². The molecule has 1 aromatic heterocycles. The van der Waals surface area contributed by atoms with Gasteiger partial charge in [0.15, 0.2) is 0 Å². The maximum atomic E-state index is 9.18. The van der Waals surface area contributed by atoms with Crippen LogP contribution in [0.15, 0.2) is 12.1 Å². The lowest BCUT2D eigenvalue weighted by Gasteiger charge is -2.24. The highest BCUT2D eigenvalue weighted by atomic mass is 16.5. The van der Waals surface area contributed by atoms with Crippen LogP contribution in [0.25, 0.3) is 0 Å². The van der Waals surface area contributed by atoms with E-state index < -0.39 is 5.54 Å². The summed E-state index contributed by atoms with van der Waals surface area (Å²) in [5, 5.41) is 12.3. The summed E-state index contributed by atoms with van der Waals surface area (Å²) < 4.78 is 5.50. The molecule has 1 aromatic rings. The molecule has 0 aliphatic rings. The van der Waals surface area contributed by atoms with E-state index in [1.54, 1.807) is 12.1 Å². The highest BCUT2D eigenvalue weighted by molar-refractivity contribution is 5.54. The Morgan fingerprint density at radius 3 is 2.65 bits per heavy atom. The number of nitrogen functional groups attached to an aromatic ring is 1. The van der Waals surface area contributed by atoms with Gasteiger partial charge in [-0.1, -0.05) is 0 Å². The van der Waals surface area contributed by atoms with Gasteiger partial charge in [-0.05, 0) is 39.8 Å². The first-order valence-electron chi connectivity index (χ1n) is 5.66. The Morgan fingerprint density at radius 2 is 2.12 bits per heavy atom. The summed E-state index contributed by atoms with van der Waals surface area (Å²) >= 11 is 0. The number of aromatic nitrogens is 1. The summed E-state index contributed by atoms with van der Waals surface area (Å²) in [6, 6.07) is 3.50. The Morgan fingerprint density at radius 1 is 1.47 bits per heavy atom. The smallest absolute Gasteiger partial charge is 0.239 e. The number of aliphatic hydroxyl groups excluding tert-OH is 1. The summed E-state index contributed by atoms with van der Waals surface area (Å²) in [5.41, 5.74) is 5.84. The minimum absolute atomic E-state index is 0.0133. The maximum absolute atomic E-state index is 9.18. The van der Waals surface area contributed by atoms with E-state index in [0.29, 0.717) is 17.4 Å². The minimum atomic E-state index is -0.432. The van der Waals surface area contributed by atoms with Crippen molar-refractivity contribution in [1.29, 1.82) is 0 Å². The van der Waals surface area contributed by atoms with Gasteiger partial charge in [-0.3, -0.25) is 0 Å². The Balaban J connectivity index is 2.88. The van der Waals surface area contributed by atoms with E-state index in [1.807, 2.05) is 27.7 Å². The van der Waals surface area contributed by atoms with Crippen molar-refractivity contribution in [3.05, 3.63) is 12.1 Å². The second kappa shape index (κ2) is 5.23. The van der Waals surface area contributed by atoms with Crippen LogP contribution in [0, 0.1) is 0 Å². The lowest BCUT2D eigenvalue weighted by molar-refractivity contribution is 0.230. The first-order chi connectivity index (χ1) is 7.84. The van der Waals surface area contributed by atoms with Gasteiger partial charge in [-0.25, -0.2) is 0 Å². The van der Waals surface area contributed by atoms with E-state index in [-0.39, 0.29) is 12.7 Å². The zero-order valence-electron chi connectivity index (χ0n) is 10.8. The summed E-state index contributed by atoms with van der Waals surface area (Å²) in [6.07, 6.45) is 0.0194. The summed E-state index contributed by atoms with van der Waals surface area (Å²) in [5.74, 6) is 1.05. The molecule has 0 radical (unpaired) electrons. The minimum Gasteiger partial charge on any atom is -0.473 e. The molecule has 0 saturated carbocycles. The van der Waals surface area contributed by atoms with E-state index in [2.05, 4.69) is 10.3 Å². The fraction of sp³-hybridized carbons (Fsp3) is 0.583. The number of pyridine rings is 1. The second-order valence-corrected chi connectivity index (χ2v) is 4.92. The SMILES string of the molecule is CC(C)Oc1nc(NC(C)(C)CO)ccc1N. The van der Waals surface area contributed by atoms with Crippen LogP contribution in [-0.4, -0.2) is 28.3 Å². The predicted molar refractivity (Wildman–Crippen MR) is 69.2 cm³/mol. The van der Waals surface area contributed by atoms with Crippen molar-refractivity contribution in [3.63, 3.8) is 0 Å². The molecule has 5 nitrogen and oxygen atoms in total. The number of nitrogens with two attached hydrogens (primary N) is 1. The van der Waals surface area contributed by atoms with Gasteiger partial charge in [-0.15, -0.1) is 0 Å². The lowest BCUT2D eigenvalue weighted by Crippen LogP contribution is -2.35. The van der Waals surface area contributed by atoms with E-state index in [1.165, 1.54) is 0 Å². The van der Waals surface area contributed by atoms with Crippen molar-refractivity contribution in [1.82, 2.24) is 4.98 Å². The zero-order valence-corrected chi connectivity index (χ0v) is 10.8. The molecule has 0 aliphatic heterocycles. The van der Waals surface area contributed by atoms with Crippen molar-refractivity contribution in [2.75, 3.05) is 17.7 Å². The molecule has 0 atom stereocenters. The third kappa shape index (κ3) is 4.11. The van der Waals surface area contributed by atoms with Crippen molar-refractivity contribution >= 4 is 11.5 Å². The van der Waals surface area contributed by atoms with Gasteiger partial charge in [0, 0.05) is 0 Å². The summed E-state index contributed by atoms with van der Waals surface area (Å²) in [6.45, 7) is 7.61. The van der Waals surface area contributed by atoms with Crippen LogP contribution in [0.5, 0.6) is 5.88 Å². The Labute approximate surface area is 102 Å². The van der Waals surface area contributed by atoms with Gasteiger partial charge >= 0.3 is 0 Å². The van der Waals surface area contributed by atoms with Gasteiger partial charge in [0.2, 0.25) is 5.88 Å². The molecule has 96 valence electrons. The molecule has 4 N–H and O–H groups in total. The monoisotopic (exact) mass is 239 g/mol. The Bertz CT molecular complexity index is 378. The average molecular weight is 239 g/mol. The van der Waals surface area contributed by atoms with E-state index >= 15 is 0 Å². The molecule has 0 fully saturated rings. The normalized spacial score (nSPS) is 11.6. The Kier molecular flexibility index (Phi) is 4.17. The average Bonchev–Trinajstić information content (AvgIpc) is 2.22. The maximum Gasteiger partial charge on any atom is 0.239 e. The molecule has 5 heteroatoms. The summed E-state index contributed by atoms with van der Waals surface area (Å²) in [7, 11) is 0. The van der Waals surface area contributed by atoms with Crippen LogP contribution < -0.4 is 15.8 Å². The molecule has 0 bridgehead atoms. The molecule has 0 spiro atoms. The number of aliphatic hydroxyl groups is 1. The van der Waals surface area contributed by atoms with E-state index in [0.717, 1.165) is 0 Å². The fourth-order valence-electron chi connectivity index (χ4n) is 1.22. The van der Waals surface area contributed by atoms with Crippen molar-refractivity contribution in [2.45, 2.75) is 39.3 Å². The number of anilines is 2. The molecule has 0 amide bonds. The lowest BCUT2D eigenvalue weighted by atomic mass is 10.1. The standard InChI is InChI=1S/C12H21N3O2/c1-8(2)17-11-9(13)5-6-10(14-11)15-12(3,4)7-16/h5-6,8,16H,7,13H2,1-4H3,(H,14,15). The van der Waals surface area contributed by atoms with Crippen molar-refractivity contribution in [2.24, 2.45) is 0 Å². The fourth-order valence-corrected chi connectivity index (χ4v) is 1.22. The first-order valence-corrected chi connectivity index (χ1v) is 5.66. The molecule has 1 heterocycles. The van der Waals surface area contributed by atoms with Gasteiger partial charge in [0.1, 0.15) is 5.82 Å². The Hall–Kier alpha value is -1.49. The number of nitrogens with zero attached hydrogens (tertiary/aromatic N) is 1. The van der Waals surface area contributed by atoms with Crippen molar-refractivity contribution < 1.29 is 9.84 Å². The number of nitrogens with one attached hydrogen (secondary N) is 1. The zero-order chi connectivity index (χ0) is 13.1. The van der Waals surface area contributed by atoms with Gasteiger partial charge in [0.25, 0.3) is 0 Å². The van der Waals surface area contributed by atoms with E-state index in [4.69, 9.17) is 10.5 Å².